The van der Waals surface area contributed by atoms with Gasteiger partial charge in [-0.1, -0.05) is 11.6 Å². The molecule has 6 nitrogen and oxygen atoms in total. The molecule has 0 saturated carbocycles. The van der Waals surface area contributed by atoms with Crippen molar-refractivity contribution in [3.8, 4) is 0 Å². The molecule has 2 heterocycles. The first-order valence-corrected chi connectivity index (χ1v) is 5.69. The minimum absolute atomic E-state index is 0.195. The Morgan fingerprint density at radius 1 is 1.50 bits per heavy atom. The van der Waals surface area contributed by atoms with Gasteiger partial charge in [0, 0.05) is 25.4 Å². The topological polar surface area (TPSA) is 72.7 Å². The fourth-order valence-electron chi connectivity index (χ4n) is 1.54. The molecule has 7 heteroatoms. The monoisotopic (exact) mass is 265 g/mol. The van der Waals surface area contributed by atoms with E-state index >= 15 is 0 Å². The van der Waals surface area contributed by atoms with Gasteiger partial charge in [0.25, 0.3) is 5.91 Å². The molecule has 0 aromatic carbocycles. The van der Waals surface area contributed by atoms with E-state index in [2.05, 4.69) is 20.4 Å². The van der Waals surface area contributed by atoms with Crippen LogP contribution in [-0.2, 0) is 13.6 Å². The van der Waals surface area contributed by atoms with Crippen LogP contribution in [0.1, 0.15) is 21.7 Å². The maximum Gasteiger partial charge on any atom is 0.271 e. The number of nitrogens with zero attached hydrogens (tertiary/aromatic N) is 4. The zero-order valence-corrected chi connectivity index (χ0v) is 10.8. The van der Waals surface area contributed by atoms with Crippen molar-refractivity contribution in [2.75, 3.05) is 0 Å². The zero-order chi connectivity index (χ0) is 13.1. The molecule has 0 spiro atoms. The second-order valence-electron chi connectivity index (χ2n) is 3.82. The molecule has 0 fully saturated rings. The molecule has 0 aliphatic carbocycles. The summed E-state index contributed by atoms with van der Waals surface area (Å²) in [4.78, 5) is 19.5. The molecular weight excluding hydrogens is 254 g/mol. The van der Waals surface area contributed by atoms with Crippen LogP contribution >= 0.6 is 11.6 Å². The molecule has 0 aliphatic rings. The van der Waals surface area contributed by atoms with Crippen LogP contribution < -0.4 is 5.32 Å². The number of nitrogens with one attached hydrogen (secondary N) is 1. The quantitative estimate of drug-likeness (QED) is 0.902. The van der Waals surface area contributed by atoms with Crippen molar-refractivity contribution in [3.63, 3.8) is 0 Å². The Morgan fingerprint density at radius 2 is 2.28 bits per heavy atom. The number of amides is 1. The summed E-state index contributed by atoms with van der Waals surface area (Å²) in [6.07, 6.45) is 4.61. The number of carbonyl (C=O) groups is 1. The number of hydrogen-bond acceptors (Lipinski definition) is 4. The molecule has 0 radical (unpaired) electrons. The third kappa shape index (κ3) is 2.84. The Morgan fingerprint density at radius 3 is 2.89 bits per heavy atom. The molecule has 2 aromatic heterocycles. The van der Waals surface area contributed by atoms with E-state index in [1.807, 2.05) is 20.2 Å². The SMILES string of the molecule is Cc1nn(C)cc1CNC(=O)c1cncc(Cl)n1. The van der Waals surface area contributed by atoms with Gasteiger partial charge >= 0.3 is 0 Å². The minimum Gasteiger partial charge on any atom is -0.346 e. The molecule has 1 N–H and O–H groups in total. The standard InChI is InChI=1S/C11H12ClN5O/c1-7-8(6-17(2)16-7)3-14-11(18)9-4-13-5-10(12)15-9/h4-6H,3H2,1-2H3,(H,14,18). The normalized spacial score (nSPS) is 10.4. The third-order valence-corrected chi connectivity index (χ3v) is 2.57. The van der Waals surface area contributed by atoms with Gasteiger partial charge in [-0.05, 0) is 6.92 Å². The average molecular weight is 266 g/mol. The fourth-order valence-corrected chi connectivity index (χ4v) is 1.69. The highest BCUT2D eigenvalue weighted by atomic mass is 35.5. The highest BCUT2D eigenvalue weighted by Crippen LogP contribution is 2.05. The predicted molar refractivity (Wildman–Crippen MR) is 66.2 cm³/mol. The van der Waals surface area contributed by atoms with Crippen molar-refractivity contribution in [2.45, 2.75) is 13.5 Å². The Hall–Kier alpha value is -1.95. The average Bonchev–Trinajstić information content (AvgIpc) is 2.65. The number of aromatic nitrogens is 4. The Bertz CT molecular complexity index is 581. The van der Waals surface area contributed by atoms with Gasteiger partial charge in [0.15, 0.2) is 0 Å². The van der Waals surface area contributed by atoms with Gasteiger partial charge < -0.3 is 5.32 Å². The molecule has 0 unspecified atom stereocenters. The van der Waals surface area contributed by atoms with Crippen LogP contribution in [0, 0.1) is 6.92 Å². The van der Waals surface area contributed by atoms with Crippen molar-refractivity contribution in [1.29, 1.82) is 0 Å². The molecule has 0 saturated heterocycles. The van der Waals surface area contributed by atoms with Crippen molar-refractivity contribution in [3.05, 3.63) is 40.7 Å². The van der Waals surface area contributed by atoms with Gasteiger partial charge in [0.2, 0.25) is 0 Å². The molecule has 0 aliphatic heterocycles. The van der Waals surface area contributed by atoms with Crippen molar-refractivity contribution < 1.29 is 4.79 Å². The lowest BCUT2D eigenvalue weighted by Crippen LogP contribution is -2.24. The Labute approximate surface area is 109 Å². The summed E-state index contributed by atoms with van der Waals surface area (Å²) in [6, 6.07) is 0. The van der Waals surface area contributed by atoms with Gasteiger partial charge in [-0.2, -0.15) is 5.10 Å². The van der Waals surface area contributed by atoms with E-state index in [4.69, 9.17) is 11.6 Å². The first-order valence-electron chi connectivity index (χ1n) is 5.31. The number of halogens is 1. The minimum atomic E-state index is -0.312. The summed E-state index contributed by atoms with van der Waals surface area (Å²) in [6.45, 7) is 2.29. The van der Waals surface area contributed by atoms with E-state index in [0.717, 1.165) is 11.3 Å². The fraction of sp³-hybridized carbons (Fsp3) is 0.273. The highest BCUT2D eigenvalue weighted by molar-refractivity contribution is 6.29. The summed E-state index contributed by atoms with van der Waals surface area (Å²) in [5.74, 6) is -0.312. The maximum absolute atomic E-state index is 11.8. The van der Waals surface area contributed by atoms with Crippen molar-refractivity contribution in [1.82, 2.24) is 25.1 Å². The summed E-state index contributed by atoms with van der Waals surface area (Å²) >= 11 is 5.67. The number of rotatable bonds is 3. The summed E-state index contributed by atoms with van der Waals surface area (Å²) in [5, 5.41) is 7.13. The van der Waals surface area contributed by atoms with Crippen LogP contribution in [0.3, 0.4) is 0 Å². The first-order chi connectivity index (χ1) is 8.56. The van der Waals surface area contributed by atoms with Crippen LogP contribution in [0.25, 0.3) is 0 Å². The second-order valence-corrected chi connectivity index (χ2v) is 4.21. The molecule has 1 amide bonds. The highest BCUT2D eigenvalue weighted by Gasteiger charge is 2.09. The molecule has 0 atom stereocenters. The van der Waals surface area contributed by atoms with Crippen LogP contribution in [0.4, 0.5) is 0 Å². The maximum atomic E-state index is 11.8. The van der Waals surface area contributed by atoms with Crippen molar-refractivity contribution in [2.24, 2.45) is 7.05 Å². The van der Waals surface area contributed by atoms with Crippen LogP contribution in [0.15, 0.2) is 18.6 Å². The van der Waals surface area contributed by atoms with Gasteiger partial charge in [-0.15, -0.1) is 0 Å². The smallest absolute Gasteiger partial charge is 0.271 e. The lowest BCUT2D eigenvalue weighted by atomic mass is 10.2. The molecule has 94 valence electrons. The van der Waals surface area contributed by atoms with Gasteiger partial charge in [-0.3, -0.25) is 14.5 Å². The van der Waals surface area contributed by atoms with E-state index in [1.54, 1.807) is 4.68 Å². The predicted octanol–water partition coefficient (Wildman–Crippen LogP) is 1.10. The van der Waals surface area contributed by atoms with E-state index in [0.29, 0.717) is 6.54 Å². The number of aryl methyl sites for hydroxylation is 2. The lowest BCUT2D eigenvalue weighted by molar-refractivity contribution is 0.0945. The van der Waals surface area contributed by atoms with Crippen LogP contribution in [0.2, 0.25) is 5.15 Å². The summed E-state index contributed by atoms with van der Waals surface area (Å²) in [7, 11) is 1.83. The van der Waals surface area contributed by atoms with Gasteiger partial charge in [0.1, 0.15) is 10.8 Å². The lowest BCUT2D eigenvalue weighted by Gasteiger charge is -2.03. The molecule has 0 bridgehead atoms. The van der Waals surface area contributed by atoms with Crippen LogP contribution in [0.5, 0.6) is 0 Å². The first kappa shape index (κ1) is 12.5. The Kier molecular flexibility index (Phi) is 3.57. The van der Waals surface area contributed by atoms with Gasteiger partial charge in [-0.25, -0.2) is 4.98 Å². The molecule has 18 heavy (non-hydrogen) atoms. The van der Waals surface area contributed by atoms with E-state index in [-0.39, 0.29) is 16.8 Å². The van der Waals surface area contributed by atoms with Gasteiger partial charge in [0.05, 0.1) is 18.1 Å². The molecule has 2 aromatic rings. The summed E-state index contributed by atoms with van der Waals surface area (Å²) in [5.41, 5.74) is 2.04. The summed E-state index contributed by atoms with van der Waals surface area (Å²) < 4.78 is 1.70. The van der Waals surface area contributed by atoms with E-state index in [9.17, 15) is 4.79 Å². The van der Waals surface area contributed by atoms with E-state index in [1.165, 1.54) is 12.4 Å². The van der Waals surface area contributed by atoms with E-state index < -0.39 is 0 Å². The van der Waals surface area contributed by atoms with Crippen LogP contribution in [-0.4, -0.2) is 25.7 Å². The molecular formula is C11H12ClN5O. The largest absolute Gasteiger partial charge is 0.346 e. The number of hydrogen-bond donors (Lipinski definition) is 1. The second kappa shape index (κ2) is 5.14. The van der Waals surface area contributed by atoms with Crippen molar-refractivity contribution >= 4 is 17.5 Å². The third-order valence-electron chi connectivity index (χ3n) is 2.39. The molecule has 2 rings (SSSR count). The number of carbonyl (C=O) groups excluding carboxylic acids is 1. The Balaban J connectivity index is 2.02. The zero-order valence-electron chi connectivity index (χ0n) is 10.0.